The van der Waals surface area contributed by atoms with E-state index in [1.807, 2.05) is 24.3 Å². The zero-order chi connectivity index (χ0) is 19.2. The second-order valence-electron chi connectivity index (χ2n) is 6.81. The molecule has 7 nitrogen and oxygen atoms in total. The number of thioether (sulfide) groups is 1. The van der Waals surface area contributed by atoms with Crippen molar-refractivity contribution in [3.63, 3.8) is 0 Å². The van der Waals surface area contributed by atoms with Gasteiger partial charge in [-0.05, 0) is 31.9 Å². The van der Waals surface area contributed by atoms with E-state index in [4.69, 9.17) is 10.5 Å². The van der Waals surface area contributed by atoms with Gasteiger partial charge in [0.25, 0.3) is 0 Å². The molecule has 0 saturated heterocycles. The molecular weight excluding hydrogens is 362 g/mol. The van der Waals surface area contributed by atoms with Gasteiger partial charge in [0.1, 0.15) is 5.75 Å². The van der Waals surface area contributed by atoms with Gasteiger partial charge < -0.3 is 20.4 Å². The van der Waals surface area contributed by atoms with Crippen molar-refractivity contribution in [2.24, 2.45) is 5.73 Å². The maximum atomic E-state index is 11.5. The van der Waals surface area contributed by atoms with Crippen molar-refractivity contribution in [3.8, 4) is 5.75 Å². The minimum absolute atomic E-state index is 0.337. The molecule has 0 radical (unpaired) electrons. The zero-order valence-electron chi connectivity index (χ0n) is 15.9. The summed E-state index contributed by atoms with van der Waals surface area (Å²) in [4.78, 5) is 11.5. The summed E-state index contributed by atoms with van der Waals surface area (Å²) in [6, 6.07) is 8.18. The zero-order valence-corrected chi connectivity index (χ0v) is 16.7. The van der Waals surface area contributed by atoms with Crippen LogP contribution in [0.15, 0.2) is 29.4 Å². The molecule has 1 aliphatic carbocycles. The second-order valence-corrected chi connectivity index (χ2v) is 8.12. The van der Waals surface area contributed by atoms with Crippen LogP contribution in [0.3, 0.4) is 0 Å². The Kier molecular flexibility index (Phi) is 6.60. The molecule has 0 aliphatic heterocycles. The number of anilines is 1. The first-order chi connectivity index (χ1) is 13.1. The van der Waals surface area contributed by atoms with E-state index < -0.39 is 0 Å². The third-order valence-corrected chi connectivity index (χ3v) is 5.95. The van der Waals surface area contributed by atoms with Crippen molar-refractivity contribution in [3.05, 3.63) is 30.1 Å². The van der Waals surface area contributed by atoms with E-state index in [0.29, 0.717) is 12.6 Å². The van der Waals surface area contributed by atoms with E-state index in [2.05, 4.69) is 20.1 Å². The summed E-state index contributed by atoms with van der Waals surface area (Å²) in [5, 5.41) is 12.6. The van der Waals surface area contributed by atoms with Gasteiger partial charge in [0.05, 0.1) is 18.9 Å². The highest BCUT2D eigenvalue weighted by Crippen LogP contribution is 2.34. The Morgan fingerprint density at radius 2 is 2.15 bits per heavy atom. The maximum absolute atomic E-state index is 11.5. The highest BCUT2D eigenvalue weighted by Gasteiger charge is 2.25. The minimum Gasteiger partial charge on any atom is -0.497 e. The Balaban J connectivity index is 1.80. The number of nitrogens with zero attached hydrogens (tertiary/aromatic N) is 3. The maximum Gasteiger partial charge on any atom is 0.230 e. The lowest BCUT2D eigenvalue weighted by molar-refractivity contribution is -0.117. The number of ether oxygens (including phenoxy) is 1. The van der Waals surface area contributed by atoms with Gasteiger partial charge in [-0.3, -0.25) is 4.79 Å². The van der Waals surface area contributed by atoms with Gasteiger partial charge in [-0.2, -0.15) is 0 Å². The summed E-state index contributed by atoms with van der Waals surface area (Å²) in [6.45, 7) is 2.36. The monoisotopic (exact) mass is 389 g/mol. The highest BCUT2D eigenvalue weighted by atomic mass is 32.2. The normalized spacial score (nSPS) is 16.1. The van der Waals surface area contributed by atoms with E-state index in [9.17, 15) is 4.79 Å². The number of nitrogens with one attached hydrogen (secondary N) is 1. The van der Waals surface area contributed by atoms with Crippen molar-refractivity contribution in [2.75, 3.05) is 12.4 Å². The number of benzene rings is 1. The third kappa shape index (κ3) is 4.94. The molecule has 8 heteroatoms. The number of aromatic nitrogens is 3. The standard InChI is InChI=1S/C19H27N5O2S/c1-13(18(20)25)27-19-23-22-17(24(19)15-8-4-3-5-9-15)12-21-14-7-6-10-16(11-14)26-2/h6-7,10-11,13,15,21H,3-5,8-9,12H2,1-2H3,(H2,20,25). The first-order valence-corrected chi connectivity index (χ1v) is 10.2. The third-order valence-electron chi connectivity index (χ3n) is 4.88. The molecule has 1 amide bonds. The molecule has 27 heavy (non-hydrogen) atoms. The van der Waals surface area contributed by atoms with Crippen LogP contribution in [0.2, 0.25) is 0 Å². The van der Waals surface area contributed by atoms with Gasteiger partial charge in [-0.15, -0.1) is 10.2 Å². The molecule has 1 unspecified atom stereocenters. The summed E-state index contributed by atoms with van der Waals surface area (Å²) >= 11 is 1.39. The molecular formula is C19H27N5O2S. The van der Waals surface area contributed by atoms with Crippen molar-refractivity contribution >= 4 is 23.4 Å². The Morgan fingerprint density at radius 1 is 1.37 bits per heavy atom. The quantitative estimate of drug-likeness (QED) is 0.672. The molecule has 1 aromatic heterocycles. The van der Waals surface area contributed by atoms with Crippen molar-refractivity contribution in [1.29, 1.82) is 0 Å². The summed E-state index contributed by atoms with van der Waals surface area (Å²) < 4.78 is 7.48. The van der Waals surface area contributed by atoms with Gasteiger partial charge in [0, 0.05) is 17.8 Å². The molecule has 2 aromatic rings. The van der Waals surface area contributed by atoms with Crippen LogP contribution >= 0.6 is 11.8 Å². The minimum atomic E-state index is -0.339. The summed E-state index contributed by atoms with van der Waals surface area (Å²) in [7, 11) is 1.65. The molecule has 1 heterocycles. The van der Waals surface area contributed by atoms with Crippen LogP contribution in [0.25, 0.3) is 0 Å². The number of nitrogens with two attached hydrogens (primary N) is 1. The smallest absolute Gasteiger partial charge is 0.230 e. The van der Waals surface area contributed by atoms with Crippen molar-refractivity contribution in [2.45, 2.75) is 62.0 Å². The van der Waals surface area contributed by atoms with Gasteiger partial charge in [0.15, 0.2) is 11.0 Å². The summed E-state index contributed by atoms with van der Waals surface area (Å²) in [5.74, 6) is 1.35. The number of methoxy groups -OCH3 is 1. The van der Waals surface area contributed by atoms with Crippen LogP contribution < -0.4 is 15.8 Å². The number of hydrogen-bond donors (Lipinski definition) is 2. The average Bonchev–Trinajstić information content (AvgIpc) is 3.09. The van der Waals surface area contributed by atoms with Crippen LogP contribution in [0.5, 0.6) is 5.75 Å². The van der Waals surface area contributed by atoms with E-state index in [-0.39, 0.29) is 11.2 Å². The van der Waals surface area contributed by atoms with Gasteiger partial charge in [-0.25, -0.2) is 0 Å². The van der Waals surface area contributed by atoms with Crippen LogP contribution in [-0.2, 0) is 11.3 Å². The molecule has 146 valence electrons. The Labute approximate surface area is 164 Å². The first kappa shape index (κ1) is 19.5. The Morgan fingerprint density at radius 3 is 2.85 bits per heavy atom. The van der Waals surface area contributed by atoms with Gasteiger partial charge in [-0.1, -0.05) is 37.1 Å². The van der Waals surface area contributed by atoms with Crippen molar-refractivity contribution in [1.82, 2.24) is 14.8 Å². The van der Waals surface area contributed by atoms with E-state index in [0.717, 1.165) is 35.3 Å². The molecule has 1 aromatic carbocycles. The van der Waals surface area contributed by atoms with Gasteiger partial charge >= 0.3 is 0 Å². The molecule has 3 N–H and O–H groups in total. The molecule has 1 atom stereocenters. The fourth-order valence-electron chi connectivity index (χ4n) is 3.34. The lowest BCUT2D eigenvalue weighted by atomic mass is 9.95. The predicted molar refractivity (Wildman–Crippen MR) is 107 cm³/mol. The van der Waals surface area contributed by atoms with Crippen molar-refractivity contribution < 1.29 is 9.53 Å². The second kappa shape index (κ2) is 9.12. The number of carbonyl (C=O) groups excluding carboxylic acids is 1. The van der Waals surface area contributed by atoms with Crippen LogP contribution in [0, 0.1) is 0 Å². The number of rotatable bonds is 8. The van der Waals surface area contributed by atoms with E-state index in [1.165, 1.54) is 31.0 Å². The van der Waals surface area contributed by atoms with Gasteiger partial charge in [0.2, 0.25) is 5.91 Å². The first-order valence-electron chi connectivity index (χ1n) is 9.36. The predicted octanol–water partition coefficient (Wildman–Crippen LogP) is 3.37. The van der Waals surface area contributed by atoms with E-state index >= 15 is 0 Å². The average molecular weight is 390 g/mol. The topological polar surface area (TPSA) is 95.1 Å². The van der Waals surface area contributed by atoms with E-state index in [1.54, 1.807) is 14.0 Å². The molecule has 1 saturated carbocycles. The molecule has 0 spiro atoms. The largest absolute Gasteiger partial charge is 0.497 e. The molecule has 3 rings (SSSR count). The lowest BCUT2D eigenvalue weighted by Gasteiger charge is -2.26. The lowest BCUT2D eigenvalue weighted by Crippen LogP contribution is -2.24. The molecule has 1 aliphatic rings. The van der Waals surface area contributed by atoms with Crippen LogP contribution in [-0.4, -0.2) is 33.0 Å². The number of amides is 1. The fraction of sp³-hybridized carbons (Fsp3) is 0.526. The molecule has 1 fully saturated rings. The number of hydrogen-bond acceptors (Lipinski definition) is 6. The Hall–Kier alpha value is -2.22. The highest BCUT2D eigenvalue weighted by molar-refractivity contribution is 8.00. The Bertz CT molecular complexity index is 773. The van der Waals surface area contributed by atoms with Crippen LogP contribution in [0.1, 0.15) is 50.9 Å². The summed E-state index contributed by atoms with van der Waals surface area (Å²) in [6.07, 6.45) is 5.92. The number of primary amides is 1. The van der Waals surface area contributed by atoms with Crippen LogP contribution in [0.4, 0.5) is 5.69 Å². The molecule has 0 bridgehead atoms. The fourth-order valence-corrected chi connectivity index (χ4v) is 4.23. The SMILES string of the molecule is COc1cccc(NCc2nnc(SC(C)C(N)=O)n2C2CCCCC2)c1. The summed E-state index contributed by atoms with van der Waals surface area (Å²) in [5.41, 5.74) is 6.40. The number of carbonyl (C=O) groups is 1.